The molecule has 0 aromatic heterocycles. The molecule has 1 amide bonds. The van der Waals surface area contributed by atoms with Gasteiger partial charge >= 0.3 is 0 Å². The third-order valence-electron chi connectivity index (χ3n) is 3.27. The zero-order valence-electron chi connectivity index (χ0n) is 13.9. The topological polar surface area (TPSA) is 111 Å². The molecule has 2 aromatic carbocycles. The number of benzene rings is 2. The summed E-state index contributed by atoms with van der Waals surface area (Å²) < 4.78 is 10.1. The summed E-state index contributed by atoms with van der Waals surface area (Å²) in [6.45, 7) is -0.556. The Morgan fingerprint density at radius 3 is 2.50 bits per heavy atom. The average Bonchev–Trinajstić information content (AvgIpc) is 2.65. The van der Waals surface area contributed by atoms with Crippen LogP contribution in [-0.4, -0.2) is 25.6 Å². The summed E-state index contributed by atoms with van der Waals surface area (Å²) in [7, 11) is 1.48. The first-order valence-electron chi connectivity index (χ1n) is 7.52. The lowest BCUT2D eigenvalue weighted by atomic mass is 10.1. The van der Waals surface area contributed by atoms with Gasteiger partial charge in [-0.15, -0.1) is 0 Å². The molecule has 0 aliphatic rings. The summed E-state index contributed by atoms with van der Waals surface area (Å²) in [6.07, 6.45) is 1.41. The summed E-state index contributed by atoms with van der Waals surface area (Å²) in [6, 6.07) is 15.0. The molecule has 0 aliphatic carbocycles. The van der Waals surface area contributed by atoms with Crippen molar-refractivity contribution in [2.45, 2.75) is 0 Å². The SMILES string of the molecule is COc1ccccc1NC(=O)/C(C#N)=C/c1ccc(OCC(=O)[O-])cc1. The number of hydrogen-bond donors (Lipinski definition) is 1. The minimum Gasteiger partial charge on any atom is -0.546 e. The van der Waals surface area contributed by atoms with Gasteiger partial charge in [0, 0.05) is 0 Å². The lowest BCUT2D eigenvalue weighted by Gasteiger charge is -2.09. The predicted octanol–water partition coefficient (Wildman–Crippen LogP) is 1.37. The van der Waals surface area contributed by atoms with Crippen LogP contribution >= 0.6 is 0 Å². The summed E-state index contributed by atoms with van der Waals surface area (Å²) in [4.78, 5) is 22.7. The largest absolute Gasteiger partial charge is 0.546 e. The quantitative estimate of drug-likeness (QED) is 0.596. The van der Waals surface area contributed by atoms with E-state index in [4.69, 9.17) is 9.47 Å². The minimum atomic E-state index is -1.33. The van der Waals surface area contributed by atoms with Gasteiger partial charge in [0.15, 0.2) is 0 Å². The summed E-state index contributed by atoms with van der Waals surface area (Å²) in [5.74, 6) is -1.08. The second-order valence-electron chi connectivity index (χ2n) is 5.05. The van der Waals surface area contributed by atoms with E-state index in [2.05, 4.69) is 5.32 Å². The van der Waals surface area contributed by atoms with Gasteiger partial charge in [-0.2, -0.15) is 5.26 Å². The van der Waals surface area contributed by atoms with Crippen LogP contribution in [0.4, 0.5) is 5.69 Å². The third-order valence-corrected chi connectivity index (χ3v) is 3.27. The van der Waals surface area contributed by atoms with Gasteiger partial charge in [0.25, 0.3) is 5.91 Å². The molecule has 0 bridgehead atoms. The number of para-hydroxylation sites is 2. The lowest BCUT2D eigenvalue weighted by molar-refractivity contribution is -0.307. The van der Waals surface area contributed by atoms with E-state index in [1.807, 2.05) is 6.07 Å². The number of hydrogen-bond acceptors (Lipinski definition) is 6. The van der Waals surface area contributed by atoms with Crippen LogP contribution in [0.1, 0.15) is 5.56 Å². The lowest BCUT2D eigenvalue weighted by Crippen LogP contribution is -2.28. The number of nitriles is 1. The predicted molar refractivity (Wildman–Crippen MR) is 92.2 cm³/mol. The Morgan fingerprint density at radius 1 is 1.19 bits per heavy atom. The van der Waals surface area contributed by atoms with Crippen LogP contribution in [0.15, 0.2) is 54.1 Å². The van der Waals surface area contributed by atoms with Crippen LogP contribution in [0.5, 0.6) is 11.5 Å². The van der Waals surface area contributed by atoms with Crippen LogP contribution in [-0.2, 0) is 9.59 Å². The highest BCUT2D eigenvalue weighted by Crippen LogP contribution is 2.24. The fourth-order valence-corrected chi connectivity index (χ4v) is 2.06. The van der Waals surface area contributed by atoms with Gasteiger partial charge < -0.3 is 24.7 Å². The summed E-state index contributed by atoms with van der Waals surface area (Å²) in [5.41, 5.74) is 0.934. The van der Waals surface area contributed by atoms with Crippen LogP contribution in [0.2, 0.25) is 0 Å². The Balaban J connectivity index is 2.12. The number of carbonyl (C=O) groups is 2. The molecule has 0 unspecified atom stereocenters. The van der Waals surface area contributed by atoms with Crippen LogP contribution in [0.25, 0.3) is 6.08 Å². The molecule has 7 nitrogen and oxygen atoms in total. The van der Waals surface area contributed by atoms with Crippen molar-refractivity contribution in [2.24, 2.45) is 0 Å². The Morgan fingerprint density at radius 2 is 1.88 bits per heavy atom. The number of amides is 1. The maximum Gasteiger partial charge on any atom is 0.266 e. The van der Waals surface area contributed by atoms with Gasteiger partial charge in [-0.25, -0.2) is 0 Å². The highest BCUT2D eigenvalue weighted by molar-refractivity contribution is 6.10. The number of methoxy groups -OCH3 is 1. The first-order valence-corrected chi connectivity index (χ1v) is 7.52. The molecule has 0 radical (unpaired) electrons. The minimum absolute atomic E-state index is 0.0979. The molecule has 2 rings (SSSR count). The average molecular weight is 351 g/mol. The number of nitrogens with one attached hydrogen (secondary N) is 1. The molecular weight excluding hydrogens is 336 g/mol. The normalized spacial score (nSPS) is 10.5. The Hall–Kier alpha value is -3.79. The highest BCUT2D eigenvalue weighted by Gasteiger charge is 2.12. The van der Waals surface area contributed by atoms with Crippen LogP contribution in [0, 0.1) is 11.3 Å². The van der Waals surface area contributed by atoms with E-state index in [9.17, 15) is 20.0 Å². The van der Waals surface area contributed by atoms with Crippen molar-refractivity contribution in [3.8, 4) is 17.6 Å². The molecule has 7 heteroatoms. The smallest absolute Gasteiger partial charge is 0.266 e. The molecule has 0 saturated heterocycles. The molecule has 0 atom stereocenters. The first-order chi connectivity index (χ1) is 12.5. The summed E-state index contributed by atoms with van der Waals surface area (Å²) in [5, 5.41) is 22.2. The number of anilines is 1. The molecule has 1 N–H and O–H groups in total. The van der Waals surface area contributed by atoms with E-state index in [-0.39, 0.29) is 5.57 Å². The zero-order chi connectivity index (χ0) is 18.9. The monoisotopic (exact) mass is 351 g/mol. The van der Waals surface area contributed by atoms with Crippen molar-refractivity contribution in [2.75, 3.05) is 19.0 Å². The second kappa shape index (κ2) is 8.89. The van der Waals surface area contributed by atoms with Crippen molar-refractivity contribution in [1.82, 2.24) is 0 Å². The molecule has 26 heavy (non-hydrogen) atoms. The Bertz CT molecular complexity index is 866. The van der Waals surface area contributed by atoms with E-state index < -0.39 is 18.5 Å². The molecule has 0 fully saturated rings. The summed E-state index contributed by atoms with van der Waals surface area (Å²) >= 11 is 0. The van der Waals surface area contributed by atoms with Crippen LogP contribution < -0.4 is 19.9 Å². The van der Waals surface area contributed by atoms with E-state index >= 15 is 0 Å². The van der Waals surface area contributed by atoms with E-state index in [1.54, 1.807) is 36.4 Å². The molecule has 0 spiro atoms. The van der Waals surface area contributed by atoms with Crippen molar-refractivity contribution in [3.63, 3.8) is 0 Å². The van der Waals surface area contributed by atoms with E-state index in [0.717, 1.165) is 0 Å². The number of carbonyl (C=O) groups excluding carboxylic acids is 2. The number of nitrogens with zero attached hydrogens (tertiary/aromatic N) is 1. The number of rotatable bonds is 7. The van der Waals surface area contributed by atoms with Gasteiger partial charge in [-0.05, 0) is 35.9 Å². The molecule has 0 saturated carbocycles. The Kier molecular flexibility index (Phi) is 6.34. The number of carboxylic acid groups (broad SMARTS) is 1. The van der Waals surface area contributed by atoms with Crippen molar-refractivity contribution < 1.29 is 24.2 Å². The first kappa shape index (κ1) is 18.5. The van der Waals surface area contributed by atoms with Gasteiger partial charge in [0.2, 0.25) is 0 Å². The van der Waals surface area contributed by atoms with Gasteiger partial charge in [-0.3, -0.25) is 4.79 Å². The number of ether oxygens (including phenoxy) is 2. The molecule has 0 aliphatic heterocycles. The standard InChI is InChI=1S/C19H16N2O5/c1-25-17-5-3-2-4-16(17)21-19(24)14(11-20)10-13-6-8-15(9-7-13)26-12-18(22)23/h2-10H,12H2,1H3,(H,21,24)(H,22,23)/p-1/b14-10+. The fraction of sp³-hybridized carbons (Fsp3) is 0.105. The fourth-order valence-electron chi connectivity index (χ4n) is 2.06. The van der Waals surface area contributed by atoms with E-state index in [0.29, 0.717) is 22.7 Å². The number of aliphatic carboxylic acids is 1. The van der Waals surface area contributed by atoms with Crippen molar-refractivity contribution in [3.05, 3.63) is 59.7 Å². The molecule has 132 valence electrons. The molecule has 0 heterocycles. The molecule has 2 aromatic rings. The Labute approximate surface area is 150 Å². The second-order valence-corrected chi connectivity index (χ2v) is 5.05. The molecular formula is C19H15N2O5-. The highest BCUT2D eigenvalue weighted by atomic mass is 16.5. The van der Waals surface area contributed by atoms with Crippen molar-refractivity contribution in [1.29, 1.82) is 5.26 Å². The zero-order valence-corrected chi connectivity index (χ0v) is 13.9. The van der Waals surface area contributed by atoms with Gasteiger partial charge in [0.1, 0.15) is 29.7 Å². The van der Waals surface area contributed by atoms with Crippen molar-refractivity contribution >= 4 is 23.6 Å². The van der Waals surface area contributed by atoms with Gasteiger partial charge in [0.05, 0.1) is 18.8 Å². The van der Waals surface area contributed by atoms with E-state index in [1.165, 1.54) is 25.3 Å². The number of carboxylic acids is 1. The van der Waals surface area contributed by atoms with Crippen LogP contribution in [0.3, 0.4) is 0 Å². The van der Waals surface area contributed by atoms with Gasteiger partial charge in [-0.1, -0.05) is 24.3 Å². The maximum absolute atomic E-state index is 12.3. The maximum atomic E-state index is 12.3. The third kappa shape index (κ3) is 5.11.